The minimum Gasteiger partial charge on any atom is -0.448 e. The van der Waals surface area contributed by atoms with Gasteiger partial charge in [-0.3, -0.25) is 0 Å². The molecule has 0 saturated heterocycles. The summed E-state index contributed by atoms with van der Waals surface area (Å²) in [6.07, 6.45) is 0. The molecule has 2 aromatic heterocycles. The lowest BCUT2D eigenvalue weighted by Gasteiger charge is -1.99. The van der Waals surface area contributed by atoms with Gasteiger partial charge in [0.1, 0.15) is 5.69 Å². The highest BCUT2D eigenvalue weighted by Crippen LogP contribution is 2.23. The van der Waals surface area contributed by atoms with Gasteiger partial charge in [0.15, 0.2) is 10.4 Å². The van der Waals surface area contributed by atoms with Gasteiger partial charge >= 0.3 is 0 Å². The average Bonchev–Trinajstić information content (AvgIpc) is 2.50. The number of nitrogens with zero attached hydrogens (tertiary/aromatic N) is 2. The van der Waals surface area contributed by atoms with Crippen LogP contribution < -0.4 is 5.73 Å². The van der Waals surface area contributed by atoms with Gasteiger partial charge in [0.25, 0.3) is 0 Å². The third-order valence-electron chi connectivity index (χ3n) is 1.70. The second kappa shape index (κ2) is 3.42. The van der Waals surface area contributed by atoms with E-state index < -0.39 is 0 Å². The van der Waals surface area contributed by atoms with Gasteiger partial charge in [-0.1, -0.05) is 0 Å². The van der Waals surface area contributed by atoms with Crippen molar-refractivity contribution in [2.75, 3.05) is 5.73 Å². The zero-order valence-electron chi connectivity index (χ0n) is 7.49. The molecule has 5 heteroatoms. The Labute approximate surface area is 89.3 Å². The number of nitrogen functional groups attached to an aromatic ring is 1. The molecule has 2 aromatic rings. The van der Waals surface area contributed by atoms with Crippen molar-refractivity contribution in [2.24, 2.45) is 0 Å². The van der Waals surface area contributed by atoms with E-state index in [1.807, 2.05) is 25.1 Å². The molecule has 0 fully saturated rings. The molecule has 4 nitrogen and oxygen atoms in total. The van der Waals surface area contributed by atoms with Gasteiger partial charge < -0.3 is 10.2 Å². The van der Waals surface area contributed by atoms with Crippen LogP contribution in [0.5, 0.6) is 0 Å². The van der Waals surface area contributed by atoms with Crippen LogP contribution in [-0.2, 0) is 0 Å². The summed E-state index contributed by atoms with van der Waals surface area (Å²) >= 11 is 3.23. The summed E-state index contributed by atoms with van der Waals surface area (Å²) < 4.78 is 6.02. The molecular formula is C9H8BrN3O. The van der Waals surface area contributed by atoms with Crippen LogP contribution in [0.15, 0.2) is 27.3 Å². The lowest BCUT2D eigenvalue weighted by atomic mass is 10.3. The van der Waals surface area contributed by atoms with Crippen LogP contribution in [0.25, 0.3) is 11.5 Å². The van der Waals surface area contributed by atoms with E-state index in [9.17, 15) is 0 Å². The van der Waals surface area contributed by atoms with Gasteiger partial charge in [-0.25, -0.2) is 9.97 Å². The van der Waals surface area contributed by atoms with Crippen LogP contribution in [0, 0.1) is 6.92 Å². The Morgan fingerprint density at radius 3 is 2.71 bits per heavy atom. The Morgan fingerprint density at radius 1 is 1.36 bits per heavy atom. The lowest BCUT2D eigenvalue weighted by molar-refractivity contribution is 0.553. The summed E-state index contributed by atoms with van der Waals surface area (Å²) in [6, 6.07) is 5.45. The maximum Gasteiger partial charge on any atom is 0.220 e. The first-order valence-electron chi connectivity index (χ1n) is 4.02. The molecule has 2 rings (SSSR count). The number of hydrogen-bond donors (Lipinski definition) is 1. The van der Waals surface area contributed by atoms with Crippen molar-refractivity contribution < 1.29 is 4.42 Å². The van der Waals surface area contributed by atoms with Crippen LogP contribution in [-0.4, -0.2) is 9.97 Å². The van der Waals surface area contributed by atoms with Crippen LogP contribution in [0.4, 0.5) is 5.95 Å². The molecule has 0 bridgehead atoms. The molecular weight excluding hydrogens is 246 g/mol. The monoisotopic (exact) mass is 253 g/mol. The number of nitrogens with two attached hydrogens (primary N) is 1. The first-order chi connectivity index (χ1) is 6.65. The van der Waals surface area contributed by atoms with Crippen LogP contribution in [0.1, 0.15) is 5.69 Å². The fourth-order valence-electron chi connectivity index (χ4n) is 1.17. The van der Waals surface area contributed by atoms with Gasteiger partial charge in [-0.2, -0.15) is 0 Å². The molecule has 2 heterocycles. The second-order valence-electron chi connectivity index (χ2n) is 2.86. The third-order valence-corrected chi connectivity index (χ3v) is 2.12. The van der Waals surface area contributed by atoms with E-state index in [1.54, 1.807) is 0 Å². The van der Waals surface area contributed by atoms with Crippen LogP contribution in [0.3, 0.4) is 0 Å². The number of anilines is 1. The fourth-order valence-corrected chi connectivity index (χ4v) is 1.48. The SMILES string of the molecule is Cc1cc(-c2ccc(Br)o2)nc(N)n1. The second-order valence-corrected chi connectivity index (χ2v) is 3.64. The summed E-state index contributed by atoms with van der Waals surface area (Å²) in [5.74, 6) is 0.932. The summed E-state index contributed by atoms with van der Waals surface area (Å²) in [7, 11) is 0. The maximum absolute atomic E-state index is 5.53. The van der Waals surface area contributed by atoms with Gasteiger partial charge in [-0.05, 0) is 41.1 Å². The zero-order valence-corrected chi connectivity index (χ0v) is 9.08. The van der Waals surface area contributed by atoms with Crippen molar-refractivity contribution in [3.63, 3.8) is 0 Å². The van der Waals surface area contributed by atoms with E-state index >= 15 is 0 Å². The smallest absolute Gasteiger partial charge is 0.220 e. The van der Waals surface area contributed by atoms with E-state index in [0.29, 0.717) is 16.1 Å². The molecule has 0 atom stereocenters. The summed E-state index contributed by atoms with van der Waals surface area (Å²) in [5, 5.41) is 0. The molecule has 0 aliphatic rings. The third kappa shape index (κ3) is 1.77. The van der Waals surface area contributed by atoms with Crippen molar-refractivity contribution in [3.8, 4) is 11.5 Å². The van der Waals surface area contributed by atoms with Gasteiger partial charge in [-0.15, -0.1) is 0 Å². The Morgan fingerprint density at radius 2 is 2.14 bits per heavy atom. The van der Waals surface area contributed by atoms with Gasteiger partial charge in [0, 0.05) is 5.69 Å². The highest BCUT2D eigenvalue weighted by molar-refractivity contribution is 9.10. The molecule has 0 saturated carbocycles. The number of halogens is 1. The highest BCUT2D eigenvalue weighted by Gasteiger charge is 2.06. The molecule has 0 amide bonds. The average molecular weight is 254 g/mol. The summed E-state index contributed by atoms with van der Waals surface area (Å²) in [6.45, 7) is 1.86. The largest absolute Gasteiger partial charge is 0.448 e. The van der Waals surface area contributed by atoms with Gasteiger partial charge in [0.05, 0.1) is 0 Å². The molecule has 72 valence electrons. The predicted molar refractivity (Wildman–Crippen MR) is 56.6 cm³/mol. The number of aryl methyl sites for hydroxylation is 1. The first-order valence-corrected chi connectivity index (χ1v) is 4.81. The molecule has 0 aromatic carbocycles. The molecule has 0 aliphatic carbocycles. The quantitative estimate of drug-likeness (QED) is 0.848. The van der Waals surface area contributed by atoms with Gasteiger partial charge in [0.2, 0.25) is 5.95 Å². The molecule has 0 radical (unpaired) electrons. The molecule has 2 N–H and O–H groups in total. The fraction of sp³-hybridized carbons (Fsp3) is 0.111. The van der Waals surface area contributed by atoms with Crippen LogP contribution in [0.2, 0.25) is 0 Å². The van der Waals surface area contributed by atoms with E-state index in [0.717, 1.165) is 5.69 Å². The van der Waals surface area contributed by atoms with E-state index in [4.69, 9.17) is 10.2 Å². The number of rotatable bonds is 1. The Bertz CT molecular complexity index is 447. The van der Waals surface area contributed by atoms with Crippen molar-refractivity contribution >= 4 is 21.9 Å². The van der Waals surface area contributed by atoms with Crippen molar-refractivity contribution in [2.45, 2.75) is 6.92 Å². The summed E-state index contributed by atoms with van der Waals surface area (Å²) in [4.78, 5) is 8.05. The van der Waals surface area contributed by atoms with Crippen LogP contribution >= 0.6 is 15.9 Å². The predicted octanol–water partition coefficient (Wildman–Crippen LogP) is 2.39. The van der Waals surface area contributed by atoms with Crippen molar-refractivity contribution in [1.29, 1.82) is 0 Å². The normalized spacial score (nSPS) is 10.4. The topological polar surface area (TPSA) is 64.9 Å². The molecule has 0 aliphatic heterocycles. The van der Waals surface area contributed by atoms with E-state index in [1.165, 1.54) is 0 Å². The first kappa shape index (κ1) is 9.21. The Balaban J connectivity index is 2.51. The number of aromatic nitrogens is 2. The highest BCUT2D eigenvalue weighted by atomic mass is 79.9. The van der Waals surface area contributed by atoms with Crippen molar-refractivity contribution in [3.05, 3.63) is 28.6 Å². The lowest BCUT2D eigenvalue weighted by Crippen LogP contribution is -1.97. The van der Waals surface area contributed by atoms with Crippen molar-refractivity contribution in [1.82, 2.24) is 9.97 Å². The molecule has 14 heavy (non-hydrogen) atoms. The van der Waals surface area contributed by atoms with E-state index in [-0.39, 0.29) is 5.95 Å². The molecule has 0 spiro atoms. The minimum absolute atomic E-state index is 0.257. The number of furan rings is 1. The summed E-state index contributed by atoms with van der Waals surface area (Å²) in [5.41, 5.74) is 7.04. The van der Waals surface area contributed by atoms with E-state index in [2.05, 4.69) is 25.9 Å². The minimum atomic E-state index is 0.257. The number of hydrogen-bond acceptors (Lipinski definition) is 4. The Hall–Kier alpha value is -1.36. The maximum atomic E-state index is 5.53. The standard InChI is InChI=1S/C9H8BrN3O/c1-5-4-6(13-9(11)12-5)7-2-3-8(10)14-7/h2-4H,1H3,(H2,11,12,13). The molecule has 0 unspecified atom stereocenters. The Kier molecular flexibility index (Phi) is 2.25. The zero-order chi connectivity index (χ0) is 10.1.